The lowest BCUT2D eigenvalue weighted by Gasteiger charge is -2.19. The zero-order valence-corrected chi connectivity index (χ0v) is 16.0. The zero-order chi connectivity index (χ0) is 18.9. The summed E-state index contributed by atoms with van der Waals surface area (Å²) in [6, 6.07) is 14.9. The quantitative estimate of drug-likeness (QED) is 0.700. The number of aromatic amines is 1. The molecule has 1 aromatic heterocycles. The van der Waals surface area contributed by atoms with Crippen LogP contribution in [-0.2, 0) is 0 Å². The minimum atomic E-state index is 0.338. The van der Waals surface area contributed by atoms with Crippen LogP contribution in [-0.4, -0.2) is 27.4 Å². The van der Waals surface area contributed by atoms with Crippen LogP contribution >= 0.6 is 0 Å². The van der Waals surface area contributed by atoms with Gasteiger partial charge in [0.25, 0.3) is 0 Å². The number of rotatable bonds is 5. The average molecular weight is 376 g/mol. The molecule has 1 aliphatic carbocycles. The zero-order valence-electron chi connectivity index (χ0n) is 16.0. The predicted octanol–water partition coefficient (Wildman–Crippen LogP) is 4.67. The molecule has 5 rings (SSSR count). The van der Waals surface area contributed by atoms with Crippen LogP contribution in [0.4, 0.5) is 0 Å². The summed E-state index contributed by atoms with van der Waals surface area (Å²) >= 11 is 0. The maximum atomic E-state index is 5.71. The molecule has 144 valence electrons. The fourth-order valence-electron chi connectivity index (χ4n) is 4.75. The maximum absolute atomic E-state index is 5.71. The van der Waals surface area contributed by atoms with E-state index in [-0.39, 0.29) is 0 Å². The summed E-state index contributed by atoms with van der Waals surface area (Å²) in [7, 11) is 0. The molecule has 0 saturated heterocycles. The highest BCUT2D eigenvalue weighted by Gasteiger charge is 2.29. The molecule has 1 saturated carbocycles. The van der Waals surface area contributed by atoms with Gasteiger partial charge in [0.2, 0.25) is 12.6 Å². The molecule has 2 aliphatic rings. The Kier molecular flexibility index (Phi) is 4.47. The van der Waals surface area contributed by atoms with Crippen molar-refractivity contribution in [2.75, 3.05) is 6.79 Å². The number of H-pyrrole nitrogens is 1. The van der Waals surface area contributed by atoms with Crippen molar-refractivity contribution in [3.05, 3.63) is 53.6 Å². The van der Waals surface area contributed by atoms with E-state index >= 15 is 0 Å². The van der Waals surface area contributed by atoms with Crippen molar-refractivity contribution < 1.29 is 9.47 Å². The second kappa shape index (κ2) is 7.26. The van der Waals surface area contributed by atoms with E-state index < -0.39 is 0 Å². The Bertz CT molecular complexity index is 940. The maximum Gasteiger partial charge on any atom is 0.231 e. The molecule has 1 fully saturated rings. The molecule has 1 N–H and O–H groups in total. The lowest BCUT2D eigenvalue weighted by Crippen LogP contribution is -2.04. The first-order chi connectivity index (χ1) is 13.8. The largest absolute Gasteiger partial charge is 0.454 e. The number of hydrogen-bond donors (Lipinski definition) is 1. The molecule has 0 bridgehead atoms. The number of fused-ring (bicyclic) bond motifs is 1. The summed E-state index contributed by atoms with van der Waals surface area (Å²) in [6.45, 7) is 2.65. The number of aromatic nitrogens is 4. The van der Waals surface area contributed by atoms with E-state index in [1.807, 2.05) is 6.07 Å². The molecule has 6 nitrogen and oxygen atoms in total. The SMILES string of the molecule is C[C@@H](CC1CC[C@H](c2ccc(-c3nn[nH]n3)cc2)C1)c1cccc2c1OCO2. The van der Waals surface area contributed by atoms with Crippen molar-refractivity contribution in [2.45, 2.75) is 44.4 Å². The number of benzene rings is 2. The molecule has 3 atom stereocenters. The monoisotopic (exact) mass is 376 g/mol. The molecule has 28 heavy (non-hydrogen) atoms. The first-order valence-corrected chi connectivity index (χ1v) is 10.00. The highest BCUT2D eigenvalue weighted by atomic mass is 16.7. The number of para-hydroxylation sites is 1. The van der Waals surface area contributed by atoms with Crippen molar-refractivity contribution in [1.82, 2.24) is 20.6 Å². The van der Waals surface area contributed by atoms with Crippen LogP contribution in [0.15, 0.2) is 42.5 Å². The van der Waals surface area contributed by atoms with Gasteiger partial charge in [-0.3, -0.25) is 0 Å². The van der Waals surface area contributed by atoms with E-state index in [0.717, 1.165) is 23.0 Å². The minimum Gasteiger partial charge on any atom is -0.454 e. The summed E-state index contributed by atoms with van der Waals surface area (Å²) < 4.78 is 11.2. The van der Waals surface area contributed by atoms with E-state index in [4.69, 9.17) is 9.47 Å². The van der Waals surface area contributed by atoms with Crippen molar-refractivity contribution >= 4 is 0 Å². The van der Waals surface area contributed by atoms with Gasteiger partial charge in [0.15, 0.2) is 11.5 Å². The van der Waals surface area contributed by atoms with Crippen LogP contribution < -0.4 is 9.47 Å². The minimum absolute atomic E-state index is 0.338. The molecule has 1 aliphatic heterocycles. The van der Waals surface area contributed by atoms with Crippen LogP contribution in [0.5, 0.6) is 11.5 Å². The Labute approximate surface area is 164 Å². The van der Waals surface area contributed by atoms with Crippen LogP contribution in [0.2, 0.25) is 0 Å². The lowest BCUT2D eigenvalue weighted by molar-refractivity contribution is 0.173. The van der Waals surface area contributed by atoms with Crippen LogP contribution in [0.1, 0.15) is 55.6 Å². The molecule has 1 unspecified atom stereocenters. The van der Waals surface area contributed by atoms with Crippen LogP contribution in [0, 0.1) is 5.92 Å². The number of ether oxygens (including phenoxy) is 2. The molecule has 0 amide bonds. The Morgan fingerprint density at radius 3 is 2.82 bits per heavy atom. The highest BCUT2D eigenvalue weighted by Crippen LogP contribution is 2.45. The summed E-state index contributed by atoms with van der Waals surface area (Å²) in [6.07, 6.45) is 4.98. The third-order valence-corrected chi connectivity index (χ3v) is 6.17. The van der Waals surface area contributed by atoms with Gasteiger partial charge < -0.3 is 9.47 Å². The third-order valence-electron chi connectivity index (χ3n) is 6.17. The van der Waals surface area contributed by atoms with Crippen LogP contribution in [0.25, 0.3) is 11.4 Å². The highest BCUT2D eigenvalue weighted by molar-refractivity contribution is 5.54. The first kappa shape index (κ1) is 17.2. The van der Waals surface area contributed by atoms with Gasteiger partial charge >= 0.3 is 0 Å². The van der Waals surface area contributed by atoms with Gasteiger partial charge in [0.05, 0.1) is 0 Å². The normalized spacial score (nSPS) is 21.8. The molecular weight excluding hydrogens is 352 g/mol. The van der Waals surface area contributed by atoms with Gasteiger partial charge in [-0.2, -0.15) is 5.21 Å². The van der Waals surface area contributed by atoms with Gasteiger partial charge in [-0.05, 0) is 60.3 Å². The molecule has 0 radical (unpaired) electrons. The summed E-state index contributed by atoms with van der Waals surface area (Å²) in [4.78, 5) is 0. The fraction of sp³-hybridized carbons (Fsp3) is 0.409. The topological polar surface area (TPSA) is 72.9 Å². The summed E-state index contributed by atoms with van der Waals surface area (Å²) in [5.41, 5.74) is 3.70. The predicted molar refractivity (Wildman–Crippen MR) is 105 cm³/mol. The lowest BCUT2D eigenvalue weighted by atomic mass is 9.87. The molecule has 0 spiro atoms. The summed E-state index contributed by atoms with van der Waals surface area (Å²) in [5.74, 6) is 4.33. The van der Waals surface area contributed by atoms with Gasteiger partial charge in [0.1, 0.15) is 0 Å². The molecule has 2 heterocycles. The third kappa shape index (κ3) is 3.23. The number of hydrogen-bond acceptors (Lipinski definition) is 5. The van der Waals surface area contributed by atoms with Crippen molar-refractivity contribution in [3.63, 3.8) is 0 Å². The van der Waals surface area contributed by atoms with Crippen molar-refractivity contribution in [2.24, 2.45) is 5.92 Å². The Morgan fingerprint density at radius 1 is 1.11 bits per heavy atom. The van der Waals surface area contributed by atoms with Gasteiger partial charge in [-0.15, -0.1) is 10.2 Å². The van der Waals surface area contributed by atoms with E-state index in [0.29, 0.717) is 24.5 Å². The second-order valence-corrected chi connectivity index (χ2v) is 7.95. The number of nitrogens with one attached hydrogen (secondary N) is 1. The Balaban J connectivity index is 1.23. The standard InChI is InChI=1S/C22H24N4O2/c1-14(19-3-2-4-20-21(19)28-13-27-20)11-15-5-6-18(12-15)16-7-9-17(10-8-16)22-23-25-26-24-22/h2-4,7-10,14-15,18H,5-6,11-13H2,1H3,(H,23,24,25,26)/t14-,15?,18-/m0/s1. The smallest absolute Gasteiger partial charge is 0.231 e. The van der Waals surface area contributed by atoms with E-state index in [2.05, 4.69) is 63.9 Å². The fourth-order valence-corrected chi connectivity index (χ4v) is 4.75. The van der Waals surface area contributed by atoms with E-state index in [1.165, 1.54) is 36.8 Å². The van der Waals surface area contributed by atoms with E-state index in [1.54, 1.807) is 0 Å². The van der Waals surface area contributed by atoms with Gasteiger partial charge in [-0.1, -0.05) is 43.3 Å². The summed E-state index contributed by atoms with van der Waals surface area (Å²) in [5, 5.41) is 14.2. The van der Waals surface area contributed by atoms with Crippen molar-refractivity contribution in [1.29, 1.82) is 0 Å². The van der Waals surface area contributed by atoms with Crippen molar-refractivity contribution in [3.8, 4) is 22.9 Å². The van der Waals surface area contributed by atoms with E-state index in [9.17, 15) is 0 Å². The second-order valence-electron chi connectivity index (χ2n) is 7.95. The van der Waals surface area contributed by atoms with Gasteiger partial charge in [0, 0.05) is 11.1 Å². The molecule has 3 aromatic rings. The molecule has 6 heteroatoms. The Hall–Kier alpha value is -2.89. The molecule has 2 aromatic carbocycles. The van der Waals surface area contributed by atoms with Crippen LogP contribution in [0.3, 0.4) is 0 Å². The Morgan fingerprint density at radius 2 is 2.00 bits per heavy atom. The average Bonchev–Trinajstić information content (AvgIpc) is 3.48. The number of nitrogens with zero attached hydrogens (tertiary/aromatic N) is 3. The first-order valence-electron chi connectivity index (χ1n) is 10.00. The molecular formula is C22H24N4O2. The number of tetrazole rings is 1. The van der Waals surface area contributed by atoms with Gasteiger partial charge in [-0.25, -0.2) is 0 Å².